The molecule has 154 valence electrons. The second kappa shape index (κ2) is 7.27. The topological polar surface area (TPSA) is 68.5 Å². The van der Waals surface area contributed by atoms with E-state index < -0.39 is 0 Å². The Balaban J connectivity index is 1.47. The van der Waals surface area contributed by atoms with Gasteiger partial charge in [0.2, 0.25) is 0 Å². The highest BCUT2D eigenvalue weighted by Gasteiger charge is 2.43. The second-order valence-corrected chi connectivity index (χ2v) is 9.19. The first kappa shape index (κ1) is 19.4. The summed E-state index contributed by atoms with van der Waals surface area (Å²) in [5.41, 5.74) is 2.40. The molecule has 1 spiro atoms. The molecule has 0 bridgehead atoms. The number of benzene rings is 2. The van der Waals surface area contributed by atoms with Crippen LogP contribution >= 0.6 is 15.9 Å². The van der Waals surface area contributed by atoms with Gasteiger partial charge in [-0.3, -0.25) is 9.59 Å². The fourth-order valence-electron chi connectivity index (χ4n) is 4.76. The standard InChI is InChI=1S/C24H22BrNO4/c1-14-20-18(29-22(14)23(28)26-13-15-5-4-6-16(25)11-15)7-8-19-21(20)17(27)12-24(30-19)9-2-3-10-24/h4-8,11H,2-3,9-10,12-13H2,1H3,(H,26,28). The molecule has 1 saturated carbocycles. The summed E-state index contributed by atoms with van der Waals surface area (Å²) in [4.78, 5) is 25.9. The first-order valence-electron chi connectivity index (χ1n) is 10.3. The van der Waals surface area contributed by atoms with E-state index in [-0.39, 0.29) is 23.1 Å². The van der Waals surface area contributed by atoms with Gasteiger partial charge in [0.1, 0.15) is 16.9 Å². The summed E-state index contributed by atoms with van der Waals surface area (Å²) < 4.78 is 13.2. The minimum Gasteiger partial charge on any atom is -0.486 e. The van der Waals surface area contributed by atoms with E-state index in [4.69, 9.17) is 9.15 Å². The molecule has 3 aromatic rings. The first-order chi connectivity index (χ1) is 14.5. The van der Waals surface area contributed by atoms with Crippen LogP contribution in [0.25, 0.3) is 11.0 Å². The molecule has 1 aliphatic carbocycles. The zero-order valence-corrected chi connectivity index (χ0v) is 18.3. The third kappa shape index (κ3) is 3.23. The highest BCUT2D eigenvalue weighted by Crippen LogP contribution is 2.46. The van der Waals surface area contributed by atoms with Crippen molar-refractivity contribution < 1.29 is 18.7 Å². The molecule has 1 N–H and O–H groups in total. The van der Waals surface area contributed by atoms with E-state index in [1.807, 2.05) is 31.2 Å². The van der Waals surface area contributed by atoms with Crippen molar-refractivity contribution in [3.63, 3.8) is 0 Å². The minimum absolute atomic E-state index is 0.0775. The average molecular weight is 468 g/mol. The van der Waals surface area contributed by atoms with E-state index in [0.717, 1.165) is 35.7 Å². The summed E-state index contributed by atoms with van der Waals surface area (Å²) in [6, 6.07) is 11.4. The molecule has 1 fully saturated rings. The van der Waals surface area contributed by atoms with Crippen LogP contribution in [0.2, 0.25) is 0 Å². The molecule has 0 atom stereocenters. The number of amides is 1. The molecule has 0 saturated heterocycles. The Labute approximate surface area is 182 Å². The Morgan fingerprint density at radius 1 is 1.20 bits per heavy atom. The molecule has 2 heterocycles. The number of halogens is 1. The highest BCUT2D eigenvalue weighted by atomic mass is 79.9. The summed E-state index contributed by atoms with van der Waals surface area (Å²) in [6.07, 6.45) is 4.43. The number of ketones is 1. The van der Waals surface area contributed by atoms with Crippen LogP contribution in [0.5, 0.6) is 5.75 Å². The number of hydrogen-bond acceptors (Lipinski definition) is 4. The molecule has 1 amide bonds. The SMILES string of the molecule is Cc1c(C(=O)NCc2cccc(Br)c2)oc2ccc3c(c12)C(=O)CC1(CCCC1)O3. The third-order valence-corrected chi connectivity index (χ3v) is 6.70. The molecule has 5 nitrogen and oxygen atoms in total. The fraction of sp³-hybridized carbons (Fsp3) is 0.333. The van der Waals surface area contributed by atoms with Crippen molar-refractivity contribution in [3.05, 3.63) is 63.3 Å². The Bertz CT molecular complexity index is 1170. The van der Waals surface area contributed by atoms with Gasteiger partial charge < -0.3 is 14.5 Å². The Morgan fingerprint density at radius 3 is 2.77 bits per heavy atom. The number of fused-ring (bicyclic) bond motifs is 3. The van der Waals surface area contributed by atoms with Crippen LogP contribution in [-0.2, 0) is 6.54 Å². The summed E-state index contributed by atoms with van der Waals surface area (Å²) in [6.45, 7) is 2.21. The summed E-state index contributed by atoms with van der Waals surface area (Å²) in [7, 11) is 0. The Hall–Kier alpha value is -2.60. The molecule has 30 heavy (non-hydrogen) atoms. The Morgan fingerprint density at radius 2 is 2.00 bits per heavy atom. The lowest BCUT2D eigenvalue weighted by Gasteiger charge is -2.34. The number of furan rings is 1. The molecule has 0 unspecified atom stereocenters. The zero-order chi connectivity index (χ0) is 20.9. The van der Waals surface area contributed by atoms with Gasteiger partial charge in [-0.05, 0) is 62.4 Å². The summed E-state index contributed by atoms with van der Waals surface area (Å²) in [5.74, 6) is 0.635. The predicted octanol–water partition coefficient (Wildman–Crippen LogP) is 5.71. The monoisotopic (exact) mass is 467 g/mol. The Kier molecular flexibility index (Phi) is 4.69. The largest absolute Gasteiger partial charge is 0.486 e. The third-order valence-electron chi connectivity index (χ3n) is 6.21. The van der Waals surface area contributed by atoms with Crippen LogP contribution in [0.15, 0.2) is 45.3 Å². The van der Waals surface area contributed by atoms with Gasteiger partial charge in [-0.1, -0.05) is 28.1 Å². The number of carbonyl (C=O) groups is 2. The van der Waals surface area contributed by atoms with Gasteiger partial charge in [0.25, 0.3) is 5.91 Å². The predicted molar refractivity (Wildman–Crippen MR) is 117 cm³/mol. The van der Waals surface area contributed by atoms with Crippen LogP contribution in [0.4, 0.5) is 0 Å². The van der Waals surface area contributed by atoms with E-state index in [9.17, 15) is 9.59 Å². The fourth-order valence-corrected chi connectivity index (χ4v) is 5.21. The molecule has 2 aromatic carbocycles. The quantitative estimate of drug-likeness (QED) is 0.535. The molecule has 5 rings (SSSR count). The maximum atomic E-state index is 13.1. The van der Waals surface area contributed by atoms with Crippen LogP contribution < -0.4 is 10.1 Å². The first-order valence-corrected chi connectivity index (χ1v) is 11.1. The molecule has 0 radical (unpaired) electrons. The van der Waals surface area contributed by atoms with Crippen LogP contribution in [0.1, 0.15) is 64.1 Å². The maximum Gasteiger partial charge on any atom is 0.287 e. The van der Waals surface area contributed by atoms with E-state index in [1.165, 1.54) is 0 Å². The van der Waals surface area contributed by atoms with Crippen molar-refractivity contribution in [3.8, 4) is 5.75 Å². The zero-order valence-electron chi connectivity index (χ0n) is 16.7. The molecule has 1 aromatic heterocycles. The molecule has 2 aliphatic rings. The lowest BCUT2D eigenvalue weighted by Crippen LogP contribution is -2.39. The maximum absolute atomic E-state index is 13.1. The number of Topliss-reactive ketones (excluding diaryl/α,β-unsaturated/α-hetero) is 1. The van der Waals surface area contributed by atoms with E-state index in [0.29, 0.717) is 40.8 Å². The number of ether oxygens (including phenoxy) is 1. The van der Waals surface area contributed by atoms with Gasteiger partial charge in [0.15, 0.2) is 11.5 Å². The highest BCUT2D eigenvalue weighted by molar-refractivity contribution is 9.10. The van der Waals surface area contributed by atoms with Crippen molar-refractivity contribution in [2.45, 2.75) is 51.2 Å². The normalized spacial score (nSPS) is 17.2. The van der Waals surface area contributed by atoms with Crippen LogP contribution in [0.3, 0.4) is 0 Å². The van der Waals surface area contributed by atoms with Gasteiger partial charge >= 0.3 is 0 Å². The lowest BCUT2D eigenvalue weighted by atomic mass is 9.87. The number of rotatable bonds is 3. The smallest absolute Gasteiger partial charge is 0.287 e. The van der Waals surface area contributed by atoms with E-state index >= 15 is 0 Å². The van der Waals surface area contributed by atoms with Crippen molar-refractivity contribution in [1.29, 1.82) is 0 Å². The lowest BCUT2D eigenvalue weighted by molar-refractivity contribution is 0.0454. The van der Waals surface area contributed by atoms with Gasteiger partial charge in [-0.15, -0.1) is 0 Å². The van der Waals surface area contributed by atoms with Crippen molar-refractivity contribution in [2.75, 3.05) is 0 Å². The number of aryl methyl sites for hydroxylation is 1. The second-order valence-electron chi connectivity index (χ2n) is 8.27. The van der Waals surface area contributed by atoms with Gasteiger partial charge in [-0.2, -0.15) is 0 Å². The number of nitrogens with one attached hydrogen (secondary N) is 1. The van der Waals surface area contributed by atoms with Gasteiger partial charge in [-0.25, -0.2) is 0 Å². The summed E-state index contributed by atoms with van der Waals surface area (Å²) in [5, 5.41) is 3.60. The molecule has 1 aliphatic heterocycles. The van der Waals surface area contributed by atoms with E-state index in [2.05, 4.69) is 21.2 Å². The van der Waals surface area contributed by atoms with Gasteiger partial charge in [0.05, 0.1) is 12.0 Å². The number of carbonyl (C=O) groups excluding carboxylic acids is 2. The van der Waals surface area contributed by atoms with Crippen LogP contribution in [-0.4, -0.2) is 17.3 Å². The molecular weight excluding hydrogens is 446 g/mol. The minimum atomic E-state index is -0.348. The van der Waals surface area contributed by atoms with Crippen LogP contribution in [0, 0.1) is 6.92 Å². The average Bonchev–Trinajstić information content (AvgIpc) is 3.30. The molecular formula is C24H22BrNO4. The van der Waals surface area contributed by atoms with Crippen molar-refractivity contribution in [2.24, 2.45) is 0 Å². The summed E-state index contributed by atoms with van der Waals surface area (Å²) >= 11 is 3.44. The molecule has 6 heteroatoms. The van der Waals surface area contributed by atoms with Crippen molar-refractivity contribution >= 4 is 38.6 Å². The van der Waals surface area contributed by atoms with E-state index in [1.54, 1.807) is 12.1 Å². The van der Waals surface area contributed by atoms with Gasteiger partial charge in [0, 0.05) is 22.0 Å². The van der Waals surface area contributed by atoms with Crippen molar-refractivity contribution in [1.82, 2.24) is 5.32 Å². The number of hydrogen-bond donors (Lipinski definition) is 1.